The summed E-state index contributed by atoms with van der Waals surface area (Å²) in [5.41, 5.74) is 4.90. The third-order valence-corrected chi connectivity index (χ3v) is 7.20. The molecule has 3 rings (SSSR count). The molecule has 0 saturated carbocycles. The second-order valence-corrected chi connectivity index (χ2v) is 11.8. The van der Waals surface area contributed by atoms with Crippen LogP contribution >= 0.6 is 0 Å². The molecule has 3 aromatic carbocycles. The maximum atomic E-state index is 14.5. The fourth-order valence-electron chi connectivity index (χ4n) is 4.90. The van der Waals surface area contributed by atoms with Crippen LogP contribution in [0.25, 0.3) is 0 Å². The lowest BCUT2D eigenvalue weighted by Gasteiger charge is -2.35. The number of anilines is 1. The standard InChI is InChI=1S/C35H43N3O5/c1-9-20-38(33(41)29(36-34(42)43-35(6,7)8)21-26-16-18-27(39)19-17-26)31(28-15-11-12-22(2)25(28)5)32(40)37-30-23(3)13-10-14-24(30)4/h9-19,29,31,39H,1,20-21H2,2-8H3,(H,36,42)(H,37,40). The van der Waals surface area contributed by atoms with Gasteiger partial charge in [-0.25, -0.2) is 4.79 Å². The molecule has 0 aliphatic heterocycles. The van der Waals surface area contributed by atoms with E-state index in [1.807, 2.05) is 64.1 Å². The Kier molecular flexibility index (Phi) is 10.8. The molecule has 3 aromatic rings. The van der Waals surface area contributed by atoms with Crippen molar-refractivity contribution in [1.29, 1.82) is 0 Å². The van der Waals surface area contributed by atoms with Gasteiger partial charge in [-0.2, -0.15) is 0 Å². The summed E-state index contributed by atoms with van der Waals surface area (Å²) in [6.07, 6.45) is 0.906. The molecule has 8 nitrogen and oxygen atoms in total. The van der Waals surface area contributed by atoms with Gasteiger partial charge < -0.3 is 25.4 Å². The number of aryl methyl sites for hydroxylation is 3. The van der Waals surface area contributed by atoms with Crippen molar-refractivity contribution in [2.75, 3.05) is 11.9 Å². The summed E-state index contributed by atoms with van der Waals surface area (Å²) in [5.74, 6) is -0.790. The molecular formula is C35H43N3O5. The molecule has 8 heteroatoms. The van der Waals surface area contributed by atoms with Gasteiger partial charge in [-0.05, 0) is 94.0 Å². The number of hydrogen-bond acceptors (Lipinski definition) is 5. The van der Waals surface area contributed by atoms with Crippen molar-refractivity contribution in [3.05, 3.63) is 107 Å². The fraction of sp³-hybridized carbons (Fsp3) is 0.343. The number of nitrogens with zero attached hydrogens (tertiary/aromatic N) is 1. The summed E-state index contributed by atoms with van der Waals surface area (Å²) < 4.78 is 5.49. The van der Waals surface area contributed by atoms with Gasteiger partial charge in [0.2, 0.25) is 5.91 Å². The van der Waals surface area contributed by atoms with E-state index in [-0.39, 0.29) is 24.6 Å². The lowest BCUT2D eigenvalue weighted by atomic mass is 9.94. The first-order valence-electron chi connectivity index (χ1n) is 14.3. The minimum atomic E-state index is -1.08. The number of carbonyl (C=O) groups excluding carboxylic acids is 3. The zero-order valence-corrected chi connectivity index (χ0v) is 26.2. The number of phenolic OH excluding ortho intramolecular Hbond substituents is 1. The second-order valence-electron chi connectivity index (χ2n) is 11.8. The number of rotatable bonds is 10. The molecule has 2 unspecified atom stereocenters. The maximum absolute atomic E-state index is 14.5. The monoisotopic (exact) mass is 585 g/mol. The zero-order chi connectivity index (χ0) is 31.9. The van der Waals surface area contributed by atoms with Crippen LogP contribution < -0.4 is 10.6 Å². The van der Waals surface area contributed by atoms with Crippen LogP contribution in [-0.4, -0.2) is 46.1 Å². The van der Waals surface area contributed by atoms with Crippen LogP contribution in [0.5, 0.6) is 5.75 Å². The van der Waals surface area contributed by atoms with Gasteiger partial charge in [0.1, 0.15) is 23.4 Å². The van der Waals surface area contributed by atoms with E-state index in [2.05, 4.69) is 17.2 Å². The van der Waals surface area contributed by atoms with E-state index in [0.29, 0.717) is 16.8 Å². The first kappa shape index (κ1) is 32.9. The molecule has 0 fully saturated rings. The van der Waals surface area contributed by atoms with E-state index < -0.39 is 29.7 Å². The van der Waals surface area contributed by atoms with Crippen molar-refractivity contribution in [3.8, 4) is 5.75 Å². The molecule has 2 atom stereocenters. The van der Waals surface area contributed by atoms with E-state index in [1.54, 1.807) is 39.0 Å². The van der Waals surface area contributed by atoms with E-state index in [0.717, 1.165) is 22.3 Å². The summed E-state index contributed by atoms with van der Waals surface area (Å²) in [7, 11) is 0. The molecular weight excluding hydrogens is 542 g/mol. The van der Waals surface area contributed by atoms with Gasteiger partial charge in [0.15, 0.2) is 0 Å². The molecule has 0 saturated heterocycles. The fourth-order valence-corrected chi connectivity index (χ4v) is 4.90. The molecule has 0 aromatic heterocycles. The SMILES string of the molecule is C=CCN(C(=O)C(Cc1ccc(O)cc1)NC(=O)OC(C)(C)C)C(C(=O)Nc1c(C)cccc1C)c1cccc(C)c1C. The highest BCUT2D eigenvalue weighted by atomic mass is 16.6. The summed E-state index contributed by atoms with van der Waals surface area (Å²) in [4.78, 5) is 43.1. The Morgan fingerprint density at radius 1 is 0.930 bits per heavy atom. The third kappa shape index (κ3) is 8.70. The van der Waals surface area contributed by atoms with Crippen molar-refractivity contribution >= 4 is 23.6 Å². The maximum Gasteiger partial charge on any atom is 0.408 e. The highest BCUT2D eigenvalue weighted by molar-refractivity contribution is 6.00. The number of amides is 3. The minimum absolute atomic E-state index is 0.0408. The van der Waals surface area contributed by atoms with Gasteiger partial charge in [0.25, 0.3) is 5.91 Å². The molecule has 3 N–H and O–H groups in total. The van der Waals surface area contributed by atoms with Crippen LogP contribution in [0.4, 0.5) is 10.5 Å². The van der Waals surface area contributed by atoms with Crippen LogP contribution in [0.2, 0.25) is 0 Å². The lowest BCUT2D eigenvalue weighted by molar-refractivity contribution is -0.140. The average Bonchev–Trinajstić information content (AvgIpc) is 2.92. The van der Waals surface area contributed by atoms with Gasteiger partial charge in [0.05, 0.1) is 0 Å². The molecule has 0 aliphatic carbocycles. The van der Waals surface area contributed by atoms with Crippen LogP contribution in [0.15, 0.2) is 73.3 Å². The van der Waals surface area contributed by atoms with Crippen LogP contribution in [0.1, 0.15) is 60.2 Å². The Hall–Kier alpha value is -4.59. The Morgan fingerprint density at radius 3 is 2.09 bits per heavy atom. The summed E-state index contributed by atoms with van der Waals surface area (Å²) in [6.45, 7) is 16.8. The molecule has 0 spiro atoms. The quantitative estimate of drug-likeness (QED) is 0.237. The van der Waals surface area contributed by atoms with Gasteiger partial charge in [0, 0.05) is 18.7 Å². The summed E-state index contributed by atoms with van der Waals surface area (Å²) in [6, 6.07) is 15.7. The predicted molar refractivity (Wildman–Crippen MR) is 170 cm³/mol. The molecule has 0 radical (unpaired) electrons. The number of aromatic hydroxyl groups is 1. The Bertz CT molecular complexity index is 1450. The van der Waals surface area contributed by atoms with Gasteiger partial charge in [-0.3, -0.25) is 9.59 Å². The number of carbonyl (C=O) groups is 3. The topological polar surface area (TPSA) is 108 Å². The Labute approximate surface area is 254 Å². The van der Waals surface area contributed by atoms with Gasteiger partial charge in [-0.1, -0.05) is 54.6 Å². The molecule has 0 heterocycles. The number of alkyl carbamates (subject to hydrolysis) is 1. The minimum Gasteiger partial charge on any atom is -0.508 e. The van der Waals surface area contributed by atoms with Gasteiger partial charge in [-0.15, -0.1) is 6.58 Å². The summed E-state index contributed by atoms with van der Waals surface area (Å²) >= 11 is 0. The number of phenols is 1. The highest BCUT2D eigenvalue weighted by Crippen LogP contribution is 2.30. The number of nitrogens with one attached hydrogen (secondary N) is 2. The molecule has 0 bridgehead atoms. The van der Waals surface area contributed by atoms with Crippen molar-refractivity contribution in [1.82, 2.24) is 10.2 Å². The Morgan fingerprint density at radius 2 is 1.51 bits per heavy atom. The first-order chi connectivity index (χ1) is 20.2. The first-order valence-corrected chi connectivity index (χ1v) is 14.3. The smallest absolute Gasteiger partial charge is 0.408 e. The molecule has 43 heavy (non-hydrogen) atoms. The van der Waals surface area contributed by atoms with Crippen LogP contribution in [-0.2, 0) is 20.7 Å². The summed E-state index contributed by atoms with van der Waals surface area (Å²) in [5, 5.41) is 15.6. The predicted octanol–water partition coefficient (Wildman–Crippen LogP) is 6.46. The van der Waals surface area contributed by atoms with Crippen molar-refractivity contribution in [2.45, 2.75) is 72.6 Å². The third-order valence-electron chi connectivity index (χ3n) is 7.20. The lowest BCUT2D eigenvalue weighted by Crippen LogP contribution is -2.53. The van der Waals surface area contributed by atoms with Crippen LogP contribution in [0.3, 0.4) is 0 Å². The number of ether oxygens (including phenoxy) is 1. The van der Waals surface area contributed by atoms with Gasteiger partial charge >= 0.3 is 6.09 Å². The zero-order valence-electron chi connectivity index (χ0n) is 26.2. The highest BCUT2D eigenvalue weighted by Gasteiger charge is 2.37. The Balaban J connectivity index is 2.12. The van der Waals surface area contributed by atoms with E-state index >= 15 is 0 Å². The van der Waals surface area contributed by atoms with E-state index in [9.17, 15) is 19.5 Å². The van der Waals surface area contributed by atoms with E-state index in [1.165, 1.54) is 17.0 Å². The van der Waals surface area contributed by atoms with Crippen molar-refractivity contribution in [2.24, 2.45) is 0 Å². The normalized spacial score (nSPS) is 12.5. The van der Waals surface area contributed by atoms with E-state index in [4.69, 9.17) is 4.74 Å². The average molecular weight is 586 g/mol. The second kappa shape index (κ2) is 14.1. The van der Waals surface area contributed by atoms with Crippen molar-refractivity contribution in [3.63, 3.8) is 0 Å². The molecule has 3 amide bonds. The molecule has 0 aliphatic rings. The number of para-hydroxylation sites is 1. The van der Waals surface area contributed by atoms with Crippen LogP contribution in [0, 0.1) is 27.7 Å². The van der Waals surface area contributed by atoms with Crippen molar-refractivity contribution < 1.29 is 24.2 Å². The molecule has 228 valence electrons. The number of benzene rings is 3. The number of hydrogen-bond donors (Lipinski definition) is 3. The largest absolute Gasteiger partial charge is 0.508 e.